The van der Waals surface area contributed by atoms with E-state index < -0.39 is 0 Å². The Morgan fingerprint density at radius 3 is 2.26 bits per heavy atom. The first-order chi connectivity index (χ1) is 19.2. The van der Waals surface area contributed by atoms with Gasteiger partial charge < -0.3 is 9.80 Å². The highest BCUT2D eigenvalue weighted by molar-refractivity contribution is 7.98. The minimum Gasteiger partial charge on any atom is -0.357 e. The fraction of sp³-hybridized carbons (Fsp3) is 0.355. The van der Waals surface area contributed by atoms with Crippen LogP contribution in [0.4, 0.5) is 5.82 Å². The smallest absolute Gasteiger partial charge is 0.270 e. The summed E-state index contributed by atoms with van der Waals surface area (Å²) in [5, 5.41) is 0.448. The normalized spacial score (nSPS) is 15.8. The van der Waals surface area contributed by atoms with Crippen molar-refractivity contribution in [2.75, 3.05) is 31.1 Å². The van der Waals surface area contributed by atoms with Crippen molar-refractivity contribution in [1.82, 2.24) is 19.3 Å². The average Bonchev–Trinajstić information content (AvgIpc) is 3.01. The van der Waals surface area contributed by atoms with E-state index in [0.717, 1.165) is 37.3 Å². The number of nitrogens with zero attached hydrogens (tertiary/aromatic N) is 5. The highest BCUT2D eigenvalue weighted by Crippen LogP contribution is 2.27. The van der Waals surface area contributed by atoms with Gasteiger partial charge >= 0.3 is 0 Å². The Labute approximate surface area is 269 Å². The summed E-state index contributed by atoms with van der Waals surface area (Å²) in [5.41, 5.74) is 1.77. The first kappa shape index (κ1) is 33.9. The Morgan fingerprint density at radius 2 is 1.57 bits per heavy atom. The summed E-state index contributed by atoms with van der Waals surface area (Å²) in [7, 11) is 0. The van der Waals surface area contributed by atoms with Crippen LogP contribution in [-0.4, -0.2) is 57.3 Å². The molecule has 0 radical (unpaired) electrons. The number of hydrogen-bond acceptors (Lipinski definition) is 7. The number of pyridine rings is 2. The number of benzene rings is 1. The highest BCUT2D eigenvalue weighted by atomic mass is 35.5. The monoisotopic (exact) mass is 647 g/mol. The zero-order valence-corrected chi connectivity index (χ0v) is 26.5. The minimum absolute atomic E-state index is 0. The summed E-state index contributed by atoms with van der Waals surface area (Å²) in [6.45, 7) is 4.40. The molecule has 6 rings (SSSR count). The number of piperidine rings is 2. The molecule has 0 atom stereocenters. The zero-order valence-electron chi connectivity index (χ0n) is 23.3. The fourth-order valence-electron chi connectivity index (χ4n) is 5.69. The van der Waals surface area contributed by atoms with Gasteiger partial charge in [0.1, 0.15) is 22.1 Å². The maximum absolute atomic E-state index is 13.7. The van der Waals surface area contributed by atoms with Crippen molar-refractivity contribution in [3.63, 3.8) is 0 Å². The molecule has 224 valence electrons. The molecule has 0 N–H and O–H groups in total. The van der Waals surface area contributed by atoms with Gasteiger partial charge in [-0.3, -0.25) is 14.0 Å². The molecule has 0 aliphatic carbocycles. The van der Waals surface area contributed by atoms with Crippen LogP contribution < -0.4 is 10.5 Å². The van der Waals surface area contributed by atoms with Gasteiger partial charge in [-0.05, 0) is 68.6 Å². The van der Waals surface area contributed by atoms with Crippen molar-refractivity contribution < 1.29 is 4.79 Å². The summed E-state index contributed by atoms with van der Waals surface area (Å²) in [4.78, 5) is 41.6. The highest BCUT2D eigenvalue weighted by Gasteiger charge is 2.27. The van der Waals surface area contributed by atoms with Crippen LogP contribution in [-0.2, 0) is 5.75 Å². The summed E-state index contributed by atoms with van der Waals surface area (Å²) in [6.07, 6.45) is 9.55. The lowest BCUT2D eigenvalue weighted by Gasteiger charge is -2.40. The molecule has 0 bridgehead atoms. The molecule has 2 fully saturated rings. The Balaban J connectivity index is 0.00000161. The van der Waals surface area contributed by atoms with Gasteiger partial charge in [0, 0.05) is 42.8 Å². The Morgan fingerprint density at radius 1 is 0.857 bits per heavy atom. The van der Waals surface area contributed by atoms with Gasteiger partial charge in [0.05, 0.1) is 0 Å². The van der Waals surface area contributed by atoms with Crippen LogP contribution in [0.2, 0.25) is 0 Å². The van der Waals surface area contributed by atoms with E-state index in [1.54, 1.807) is 30.6 Å². The molecule has 2 aliphatic rings. The van der Waals surface area contributed by atoms with Gasteiger partial charge in [0.2, 0.25) is 5.78 Å². The molecule has 0 unspecified atom stereocenters. The van der Waals surface area contributed by atoms with E-state index in [-0.39, 0.29) is 54.1 Å². The van der Waals surface area contributed by atoms with Crippen LogP contribution in [0.3, 0.4) is 0 Å². The van der Waals surface area contributed by atoms with Gasteiger partial charge in [-0.1, -0.05) is 42.8 Å². The van der Waals surface area contributed by atoms with Crippen molar-refractivity contribution in [1.29, 1.82) is 0 Å². The molecule has 4 aromatic rings. The van der Waals surface area contributed by atoms with Gasteiger partial charge in [-0.2, -0.15) is 0 Å². The number of ketones is 1. The molecule has 11 heteroatoms. The fourth-order valence-corrected chi connectivity index (χ4v) is 6.67. The molecular weight excluding hydrogens is 613 g/mol. The lowest BCUT2D eigenvalue weighted by Crippen LogP contribution is -2.46. The molecule has 2 aliphatic heterocycles. The number of rotatable bonds is 7. The second-order valence-corrected chi connectivity index (χ2v) is 11.3. The summed E-state index contributed by atoms with van der Waals surface area (Å²) in [5.74, 6) is 1.15. The molecule has 2 saturated heterocycles. The largest absolute Gasteiger partial charge is 0.357 e. The third kappa shape index (κ3) is 7.47. The zero-order chi connectivity index (χ0) is 26.6. The van der Waals surface area contributed by atoms with E-state index in [0.29, 0.717) is 28.0 Å². The topological polar surface area (TPSA) is 70.8 Å². The van der Waals surface area contributed by atoms with Crippen LogP contribution in [0.1, 0.15) is 53.6 Å². The lowest BCUT2D eigenvalue weighted by atomic mass is 10.00. The van der Waals surface area contributed by atoms with Crippen molar-refractivity contribution >= 4 is 66.2 Å². The predicted molar refractivity (Wildman–Crippen MR) is 178 cm³/mol. The van der Waals surface area contributed by atoms with Gasteiger partial charge in [0.25, 0.3) is 5.56 Å². The quantitative estimate of drug-likeness (QED) is 0.132. The third-order valence-corrected chi connectivity index (χ3v) is 8.90. The number of carbonyl (C=O) groups is 1. The Hall–Kier alpha value is -2.62. The first-order valence-corrected chi connectivity index (χ1v) is 14.8. The van der Waals surface area contributed by atoms with Gasteiger partial charge in [-0.25, -0.2) is 9.97 Å². The molecular formula is C31H36Cl3N5O2S. The molecule has 3 aromatic heterocycles. The average molecular weight is 649 g/mol. The van der Waals surface area contributed by atoms with Crippen molar-refractivity contribution in [3.05, 3.63) is 100 Å². The van der Waals surface area contributed by atoms with E-state index in [1.807, 2.05) is 42.5 Å². The van der Waals surface area contributed by atoms with Crippen LogP contribution in [0.15, 0.2) is 82.9 Å². The van der Waals surface area contributed by atoms with Crippen LogP contribution in [0, 0.1) is 0 Å². The van der Waals surface area contributed by atoms with Crippen molar-refractivity contribution in [2.45, 2.75) is 48.9 Å². The van der Waals surface area contributed by atoms with Gasteiger partial charge in [0.15, 0.2) is 0 Å². The number of thioether (sulfide) groups is 1. The maximum atomic E-state index is 13.7. The first-order valence-electron chi connectivity index (χ1n) is 13.9. The molecule has 0 saturated carbocycles. The number of halogens is 3. The van der Waals surface area contributed by atoms with E-state index in [1.165, 1.54) is 48.5 Å². The predicted octanol–water partition coefficient (Wildman–Crippen LogP) is 6.33. The molecule has 5 heterocycles. The third-order valence-electron chi connectivity index (χ3n) is 7.85. The van der Waals surface area contributed by atoms with E-state index in [2.05, 4.69) is 14.8 Å². The van der Waals surface area contributed by atoms with E-state index in [4.69, 9.17) is 4.98 Å². The van der Waals surface area contributed by atoms with E-state index >= 15 is 0 Å². The number of hydrogen-bond donors (Lipinski definition) is 0. The van der Waals surface area contributed by atoms with Crippen LogP contribution in [0.25, 0.3) is 5.65 Å². The maximum Gasteiger partial charge on any atom is 0.270 e. The van der Waals surface area contributed by atoms with Crippen molar-refractivity contribution in [2.24, 2.45) is 0 Å². The molecule has 42 heavy (non-hydrogen) atoms. The second kappa shape index (κ2) is 15.7. The van der Waals surface area contributed by atoms with Crippen LogP contribution >= 0.6 is 49.0 Å². The molecule has 0 spiro atoms. The second-order valence-electron chi connectivity index (χ2n) is 10.3. The SMILES string of the molecule is Cl.Cl.Cl.O=C(c1ccc(N2CCC(N3CCCCC3)CC2)nc1)c1c(SCc2ccccc2)nc2ccccn2c1=O. The van der Waals surface area contributed by atoms with Crippen molar-refractivity contribution in [3.8, 4) is 0 Å². The minimum atomic E-state index is -0.356. The standard InChI is InChI=1S/C31H33N5O2S.3ClH/c37-29(24-12-13-26(32-21-24)35-19-14-25(15-20-35)34-16-6-2-7-17-34)28-30(39-22-23-9-3-1-4-10-23)33-27-11-5-8-18-36(27)31(28)38;;;/h1,3-5,8-13,18,21,25H,2,6-7,14-17,19-20,22H2;3*1H. The number of carbonyl (C=O) groups excluding carboxylic acids is 1. The summed E-state index contributed by atoms with van der Waals surface area (Å²) < 4.78 is 1.44. The number of fused-ring (bicyclic) bond motifs is 1. The summed E-state index contributed by atoms with van der Waals surface area (Å²) >= 11 is 1.41. The van der Waals surface area contributed by atoms with E-state index in [9.17, 15) is 9.59 Å². The molecule has 7 nitrogen and oxygen atoms in total. The number of aromatic nitrogens is 3. The molecule has 1 aromatic carbocycles. The number of likely N-dealkylation sites (tertiary alicyclic amines) is 1. The number of anilines is 1. The Kier molecular flexibility index (Phi) is 12.7. The van der Waals surface area contributed by atoms with Crippen LogP contribution in [0.5, 0.6) is 0 Å². The summed E-state index contributed by atoms with van der Waals surface area (Å²) in [6, 6.07) is 19.8. The van der Waals surface area contributed by atoms with Gasteiger partial charge in [-0.15, -0.1) is 49.0 Å². The Bertz CT molecular complexity index is 1510. The lowest BCUT2D eigenvalue weighted by molar-refractivity contribution is 0.103. The molecule has 0 amide bonds.